The third-order valence-electron chi connectivity index (χ3n) is 4.62. The van der Waals surface area contributed by atoms with E-state index in [1.165, 1.54) is 0 Å². The first-order chi connectivity index (χ1) is 11.5. The number of aromatic nitrogens is 2. The zero-order chi connectivity index (χ0) is 17.3. The van der Waals surface area contributed by atoms with Crippen LogP contribution in [0, 0.1) is 11.8 Å². The molecule has 1 heterocycles. The molecule has 2 aromatic rings. The molecule has 3 N–H and O–H groups in total. The van der Waals surface area contributed by atoms with Crippen LogP contribution in [0.2, 0.25) is 0 Å². The average molecular weight is 330 g/mol. The Morgan fingerprint density at radius 2 is 2.12 bits per heavy atom. The molecule has 0 bridgehead atoms. The maximum atomic E-state index is 12.5. The zero-order valence-corrected chi connectivity index (χ0v) is 14.5. The third-order valence-corrected chi connectivity index (χ3v) is 4.62. The Balaban J connectivity index is 1.69. The number of H-pyrrole nitrogens is 1. The number of carbonyl (C=O) groups excluding carboxylic acids is 1. The highest BCUT2D eigenvalue weighted by atomic mass is 16.3. The van der Waals surface area contributed by atoms with Gasteiger partial charge in [0.2, 0.25) is 0 Å². The lowest BCUT2D eigenvalue weighted by Gasteiger charge is -2.26. The van der Waals surface area contributed by atoms with Gasteiger partial charge in [0.25, 0.3) is 0 Å². The van der Waals surface area contributed by atoms with Crippen molar-refractivity contribution in [3.05, 3.63) is 30.1 Å². The summed E-state index contributed by atoms with van der Waals surface area (Å²) in [5.41, 5.74) is 1.86. The molecule has 6 heteroatoms. The van der Waals surface area contributed by atoms with Crippen molar-refractivity contribution in [3.8, 4) is 0 Å². The molecule has 0 spiro atoms. The number of para-hydroxylation sites is 2. The molecule has 6 nitrogen and oxygen atoms in total. The minimum atomic E-state index is -0.426. The van der Waals surface area contributed by atoms with Crippen molar-refractivity contribution in [3.63, 3.8) is 0 Å². The van der Waals surface area contributed by atoms with E-state index >= 15 is 0 Å². The van der Waals surface area contributed by atoms with Crippen molar-refractivity contribution in [2.45, 2.75) is 38.8 Å². The summed E-state index contributed by atoms with van der Waals surface area (Å²) in [6, 6.07) is 7.44. The number of nitrogens with one attached hydrogen (secondary N) is 2. The minimum absolute atomic E-state index is 0.186. The standard InChI is InChI=1S/C18H26N4O2/c1-11(2)16(17-19-13-6-4-5-7-14(13)20-17)21-18(24)22(3)10-15(23)12-8-9-12/h4-7,11-12,15-16,23H,8-10H2,1-3H3,(H,19,20)(H,21,24). The number of rotatable bonds is 6. The molecular weight excluding hydrogens is 304 g/mol. The molecule has 1 aliphatic rings. The number of likely N-dealkylation sites (N-methyl/N-ethyl adjacent to an activating group) is 1. The van der Waals surface area contributed by atoms with Crippen molar-refractivity contribution < 1.29 is 9.90 Å². The first-order valence-electron chi connectivity index (χ1n) is 8.60. The fourth-order valence-electron chi connectivity index (χ4n) is 2.91. The normalized spacial score (nSPS) is 17.0. The van der Waals surface area contributed by atoms with E-state index in [1.54, 1.807) is 11.9 Å². The van der Waals surface area contributed by atoms with Crippen LogP contribution >= 0.6 is 0 Å². The van der Waals surface area contributed by atoms with Crippen LogP contribution in [-0.4, -0.2) is 45.7 Å². The van der Waals surface area contributed by atoms with Gasteiger partial charge in [-0.1, -0.05) is 26.0 Å². The average Bonchev–Trinajstić information content (AvgIpc) is 3.31. The lowest BCUT2D eigenvalue weighted by Crippen LogP contribution is -2.44. The van der Waals surface area contributed by atoms with E-state index < -0.39 is 6.10 Å². The van der Waals surface area contributed by atoms with Gasteiger partial charge in [0, 0.05) is 13.6 Å². The molecule has 0 saturated heterocycles. The topological polar surface area (TPSA) is 81.2 Å². The Morgan fingerprint density at radius 3 is 2.75 bits per heavy atom. The van der Waals surface area contributed by atoms with E-state index in [2.05, 4.69) is 29.1 Å². The van der Waals surface area contributed by atoms with E-state index in [0.717, 1.165) is 29.7 Å². The maximum Gasteiger partial charge on any atom is 0.317 e. The van der Waals surface area contributed by atoms with Gasteiger partial charge in [-0.25, -0.2) is 9.78 Å². The van der Waals surface area contributed by atoms with Crippen LogP contribution in [0.1, 0.15) is 38.6 Å². The predicted molar refractivity (Wildman–Crippen MR) is 93.6 cm³/mol. The number of hydrogen-bond acceptors (Lipinski definition) is 3. The van der Waals surface area contributed by atoms with Crippen molar-refractivity contribution in [1.82, 2.24) is 20.2 Å². The van der Waals surface area contributed by atoms with E-state index in [9.17, 15) is 9.90 Å². The summed E-state index contributed by atoms with van der Waals surface area (Å²) in [4.78, 5) is 21.9. The van der Waals surface area contributed by atoms with E-state index in [-0.39, 0.29) is 18.0 Å². The van der Waals surface area contributed by atoms with E-state index in [1.807, 2.05) is 24.3 Å². The van der Waals surface area contributed by atoms with Crippen LogP contribution in [0.3, 0.4) is 0 Å². The smallest absolute Gasteiger partial charge is 0.317 e. The fourth-order valence-corrected chi connectivity index (χ4v) is 2.91. The van der Waals surface area contributed by atoms with Gasteiger partial charge in [-0.05, 0) is 36.8 Å². The molecule has 1 aromatic heterocycles. The monoisotopic (exact) mass is 330 g/mol. The molecule has 0 aliphatic heterocycles. The first kappa shape index (κ1) is 16.8. The van der Waals surface area contributed by atoms with Gasteiger partial charge in [-0.2, -0.15) is 0 Å². The van der Waals surface area contributed by atoms with Gasteiger partial charge in [0.15, 0.2) is 0 Å². The van der Waals surface area contributed by atoms with Crippen molar-refractivity contribution >= 4 is 17.1 Å². The SMILES string of the molecule is CC(C)C(NC(=O)N(C)CC(O)C1CC1)c1nc2ccccc2[nH]1. The van der Waals surface area contributed by atoms with Crippen LogP contribution in [0.5, 0.6) is 0 Å². The number of aliphatic hydroxyl groups is 1. The molecule has 1 fully saturated rings. The summed E-state index contributed by atoms with van der Waals surface area (Å²) in [6.45, 7) is 4.47. The summed E-state index contributed by atoms with van der Waals surface area (Å²) in [6.07, 6.45) is 1.69. The summed E-state index contributed by atoms with van der Waals surface area (Å²) in [7, 11) is 1.72. The number of carbonyl (C=O) groups is 1. The second-order valence-electron chi connectivity index (χ2n) is 7.10. The molecule has 3 rings (SSSR count). The van der Waals surface area contributed by atoms with Crippen LogP contribution in [0.4, 0.5) is 4.79 Å². The molecule has 130 valence electrons. The molecule has 0 radical (unpaired) electrons. The fraction of sp³-hybridized carbons (Fsp3) is 0.556. The molecule has 1 aromatic carbocycles. The lowest BCUT2D eigenvalue weighted by molar-refractivity contribution is 0.112. The minimum Gasteiger partial charge on any atom is -0.391 e. The Hall–Kier alpha value is -2.08. The highest BCUT2D eigenvalue weighted by Crippen LogP contribution is 2.32. The number of aliphatic hydroxyl groups excluding tert-OH is 1. The molecule has 24 heavy (non-hydrogen) atoms. The van der Waals surface area contributed by atoms with Crippen LogP contribution in [0.15, 0.2) is 24.3 Å². The quantitative estimate of drug-likeness (QED) is 0.761. The molecule has 1 aliphatic carbocycles. The Morgan fingerprint density at radius 1 is 1.42 bits per heavy atom. The number of hydrogen-bond donors (Lipinski definition) is 3. The Kier molecular flexibility index (Phi) is 4.76. The highest BCUT2D eigenvalue weighted by molar-refractivity contribution is 5.76. The second-order valence-corrected chi connectivity index (χ2v) is 7.10. The maximum absolute atomic E-state index is 12.5. The molecule has 2 atom stereocenters. The Labute approximate surface area is 142 Å². The second kappa shape index (κ2) is 6.81. The first-order valence-corrected chi connectivity index (χ1v) is 8.60. The lowest BCUT2D eigenvalue weighted by atomic mass is 10.0. The van der Waals surface area contributed by atoms with Gasteiger partial charge >= 0.3 is 6.03 Å². The van der Waals surface area contributed by atoms with Gasteiger partial charge in [-0.15, -0.1) is 0 Å². The van der Waals surface area contributed by atoms with E-state index in [4.69, 9.17) is 0 Å². The highest BCUT2D eigenvalue weighted by Gasteiger charge is 2.32. The van der Waals surface area contributed by atoms with Gasteiger partial charge in [0.05, 0.1) is 23.2 Å². The summed E-state index contributed by atoms with van der Waals surface area (Å²) >= 11 is 0. The largest absolute Gasteiger partial charge is 0.391 e. The van der Waals surface area contributed by atoms with Gasteiger partial charge in [0.1, 0.15) is 5.82 Å². The van der Waals surface area contributed by atoms with Crippen LogP contribution in [0.25, 0.3) is 11.0 Å². The summed E-state index contributed by atoms with van der Waals surface area (Å²) < 4.78 is 0. The van der Waals surface area contributed by atoms with Crippen LogP contribution < -0.4 is 5.32 Å². The molecule has 2 unspecified atom stereocenters. The molecule has 2 amide bonds. The number of amides is 2. The molecule has 1 saturated carbocycles. The van der Waals surface area contributed by atoms with Crippen LogP contribution in [-0.2, 0) is 0 Å². The number of fused-ring (bicyclic) bond motifs is 1. The van der Waals surface area contributed by atoms with E-state index in [0.29, 0.717) is 12.5 Å². The van der Waals surface area contributed by atoms with Crippen molar-refractivity contribution in [2.75, 3.05) is 13.6 Å². The predicted octanol–water partition coefficient (Wildman–Crippen LogP) is 2.67. The van der Waals surface area contributed by atoms with Crippen molar-refractivity contribution in [1.29, 1.82) is 0 Å². The molecular formula is C18H26N4O2. The number of benzene rings is 1. The Bertz CT molecular complexity index is 675. The third kappa shape index (κ3) is 3.70. The van der Waals surface area contributed by atoms with Crippen molar-refractivity contribution in [2.24, 2.45) is 11.8 Å². The number of imidazole rings is 1. The van der Waals surface area contributed by atoms with Gasteiger partial charge < -0.3 is 20.3 Å². The number of aromatic amines is 1. The number of nitrogens with zero attached hydrogens (tertiary/aromatic N) is 2. The zero-order valence-electron chi connectivity index (χ0n) is 14.5. The summed E-state index contributed by atoms with van der Waals surface area (Å²) in [5, 5.41) is 13.1. The summed E-state index contributed by atoms with van der Waals surface area (Å²) in [5.74, 6) is 1.31. The number of urea groups is 1. The van der Waals surface area contributed by atoms with Gasteiger partial charge in [-0.3, -0.25) is 0 Å².